The van der Waals surface area contributed by atoms with Gasteiger partial charge in [-0.1, -0.05) is 129 Å². The lowest BCUT2D eigenvalue weighted by Crippen LogP contribution is -2.32. The van der Waals surface area contributed by atoms with E-state index in [9.17, 15) is 0 Å². The molecule has 0 aliphatic rings. The molecule has 0 amide bonds. The monoisotopic (exact) mass is 325 g/mol. The van der Waals surface area contributed by atoms with Crippen LogP contribution < -0.4 is 0 Å². The summed E-state index contributed by atoms with van der Waals surface area (Å²) in [7, 11) is -0.943. The third kappa shape index (κ3) is 11.7. The molecular formula is C21H45Si. The van der Waals surface area contributed by atoms with Gasteiger partial charge in [-0.15, -0.1) is 0 Å². The van der Waals surface area contributed by atoms with E-state index in [1.807, 2.05) is 0 Å². The maximum Gasteiger partial charge on any atom is 0.0558 e. The molecular weight excluding hydrogens is 280 g/mol. The van der Waals surface area contributed by atoms with E-state index in [-0.39, 0.29) is 0 Å². The van der Waals surface area contributed by atoms with Gasteiger partial charge in [0, 0.05) is 0 Å². The van der Waals surface area contributed by atoms with Crippen molar-refractivity contribution in [2.75, 3.05) is 0 Å². The molecule has 0 unspecified atom stereocenters. The smallest absolute Gasteiger partial charge is 0.0558 e. The fourth-order valence-electron chi connectivity index (χ4n) is 3.58. The minimum atomic E-state index is -0.943. The zero-order chi connectivity index (χ0) is 16.5. The van der Waals surface area contributed by atoms with E-state index in [0.29, 0.717) is 0 Å². The standard InChI is InChI=1S/C21H45Si/c1-5-9-10-11-12-13-14-15-16-17-18-19-20-21-22(6-2,7-3)8-4/h21H,5-20H2,1-4H3. The van der Waals surface area contributed by atoms with Gasteiger partial charge in [-0.05, 0) is 6.04 Å². The first-order valence-electron chi connectivity index (χ1n) is 10.6. The molecule has 0 bridgehead atoms. The summed E-state index contributed by atoms with van der Waals surface area (Å²) < 4.78 is 0. The largest absolute Gasteiger partial charge is 0.0678 e. The lowest BCUT2D eigenvalue weighted by molar-refractivity contribution is 0.544. The van der Waals surface area contributed by atoms with Crippen LogP contribution in [0.4, 0.5) is 0 Å². The molecule has 0 aliphatic heterocycles. The van der Waals surface area contributed by atoms with Gasteiger partial charge in [0.15, 0.2) is 0 Å². The maximum absolute atomic E-state index is 2.78. The van der Waals surface area contributed by atoms with E-state index in [1.54, 1.807) is 0 Å². The molecule has 0 aromatic rings. The van der Waals surface area contributed by atoms with E-state index >= 15 is 0 Å². The second kappa shape index (κ2) is 16.1. The summed E-state index contributed by atoms with van der Waals surface area (Å²) in [5.41, 5.74) is 0. The summed E-state index contributed by atoms with van der Waals surface area (Å²) in [6.45, 7) is 9.54. The van der Waals surface area contributed by atoms with Crippen LogP contribution in [0.2, 0.25) is 18.1 Å². The molecule has 0 aromatic heterocycles. The predicted molar refractivity (Wildman–Crippen MR) is 107 cm³/mol. The van der Waals surface area contributed by atoms with Crippen molar-refractivity contribution in [2.24, 2.45) is 0 Å². The summed E-state index contributed by atoms with van der Waals surface area (Å²) in [4.78, 5) is 0. The third-order valence-corrected chi connectivity index (χ3v) is 11.1. The van der Waals surface area contributed by atoms with E-state index in [2.05, 4.69) is 33.7 Å². The van der Waals surface area contributed by atoms with Gasteiger partial charge in [0.1, 0.15) is 0 Å². The second-order valence-corrected chi connectivity index (χ2v) is 12.6. The van der Waals surface area contributed by atoms with Crippen LogP contribution >= 0.6 is 0 Å². The highest BCUT2D eigenvalue weighted by molar-refractivity contribution is 6.82. The summed E-state index contributed by atoms with van der Waals surface area (Å²) in [6.07, 6.45) is 18.9. The molecule has 0 atom stereocenters. The summed E-state index contributed by atoms with van der Waals surface area (Å²) >= 11 is 0. The number of hydrogen-bond donors (Lipinski definition) is 0. The molecule has 1 radical (unpaired) electrons. The first-order valence-corrected chi connectivity index (χ1v) is 13.3. The molecule has 1 heteroatoms. The van der Waals surface area contributed by atoms with Crippen molar-refractivity contribution in [3.63, 3.8) is 0 Å². The van der Waals surface area contributed by atoms with Crippen molar-refractivity contribution in [3.8, 4) is 0 Å². The molecule has 0 aromatic carbocycles. The molecule has 0 spiro atoms. The van der Waals surface area contributed by atoms with Crippen LogP contribution in [0.25, 0.3) is 0 Å². The predicted octanol–water partition coefficient (Wildman–Crippen LogP) is 8.33. The Balaban J connectivity index is 3.27. The first kappa shape index (κ1) is 22.2. The normalized spacial score (nSPS) is 12.0. The van der Waals surface area contributed by atoms with Crippen molar-refractivity contribution in [2.45, 2.75) is 129 Å². The summed E-state index contributed by atoms with van der Waals surface area (Å²) in [6, 6.07) is 7.15. The quantitative estimate of drug-likeness (QED) is 0.186. The molecule has 0 saturated heterocycles. The SMILES string of the molecule is CCCCCCCCCCCCCC[CH][Si](CC)(CC)CC. The van der Waals surface area contributed by atoms with Crippen LogP contribution in [0.3, 0.4) is 0 Å². The van der Waals surface area contributed by atoms with Gasteiger partial charge in [0.25, 0.3) is 0 Å². The van der Waals surface area contributed by atoms with Gasteiger partial charge in [-0.2, -0.15) is 0 Å². The Labute approximate surface area is 143 Å². The van der Waals surface area contributed by atoms with Crippen LogP contribution in [0, 0.1) is 6.04 Å². The Kier molecular flexibility index (Phi) is 16.2. The number of hydrogen-bond acceptors (Lipinski definition) is 0. The first-order chi connectivity index (χ1) is 10.7. The van der Waals surface area contributed by atoms with Crippen LogP contribution in [-0.4, -0.2) is 8.07 Å². The highest BCUT2D eigenvalue weighted by atomic mass is 28.3. The third-order valence-electron chi connectivity index (χ3n) is 5.75. The second-order valence-electron chi connectivity index (χ2n) is 7.30. The van der Waals surface area contributed by atoms with Crippen molar-refractivity contribution in [1.82, 2.24) is 0 Å². The molecule has 22 heavy (non-hydrogen) atoms. The van der Waals surface area contributed by atoms with Gasteiger partial charge >= 0.3 is 0 Å². The van der Waals surface area contributed by atoms with Crippen molar-refractivity contribution in [3.05, 3.63) is 6.04 Å². The minimum absolute atomic E-state index is 0.943. The zero-order valence-electron chi connectivity index (χ0n) is 16.4. The summed E-state index contributed by atoms with van der Waals surface area (Å²) in [5.74, 6) is 0. The Hall–Kier alpha value is 0.217. The van der Waals surface area contributed by atoms with Crippen LogP contribution in [0.15, 0.2) is 0 Å². The average Bonchev–Trinajstić information content (AvgIpc) is 2.56. The fraction of sp³-hybridized carbons (Fsp3) is 0.952. The van der Waals surface area contributed by atoms with Gasteiger partial charge < -0.3 is 0 Å². The van der Waals surface area contributed by atoms with E-state index in [4.69, 9.17) is 0 Å². The van der Waals surface area contributed by atoms with E-state index < -0.39 is 8.07 Å². The van der Waals surface area contributed by atoms with Crippen molar-refractivity contribution < 1.29 is 0 Å². The Bertz CT molecular complexity index is 200. The van der Waals surface area contributed by atoms with Crippen LogP contribution in [0.5, 0.6) is 0 Å². The molecule has 0 fully saturated rings. The van der Waals surface area contributed by atoms with Crippen LogP contribution in [0.1, 0.15) is 111 Å². The van der Waals surface area contributed by atoms with E-state index in [0.717, 1.165) is 0 Å². The van der Waals surface area contributed by atoms with Gasteiger partial charge in [0.2, 0.25) is 0 Å². The molecule has 0 aliphatic carbocycles. The highest BCUT2D eigenvalue weighted by Crippen LogP contribution is 2.25. The Morgan fingerprint density at radius 3 is 1.23 bits per heavy atom. The number of unbranched alkanes of at least 4 members (excludes halogenated alkanes) is 12. The Morgan fingerprint density at radius 2 is 0.864 bits per heavy atom. The number of rotatable bonds is 17. The molecule has 133 valence electrons. The van der Waals surface area contributed by atoms with Gasteiger partial charge in [-0.25, -0.2) is 0 Å². The summed E-state index contributed by atoms with van der Waals surface area (Å²) in [5, 5.41) is 0. The van der Waals surface area contributed by atoms with Gasteiger partial charge in [0.05, 0.1) is 8.07 Å². The van der Waals surface area contributed by atoms with E-state index in [1.165, 1.54) is 102 Å². The fourth-order valence-corrected chi connectivity index (χ4v) is 6.76. The highest BCUT2D eigenvalue weighted by Gasteiger charge is 2.25. The molecule has 0 nitrogen and oxygen atoms in total. The minimum Gasteiger partial charge on any atom is -0.0678 e. The average molecular weight is 326 g/mol. The van der Waals surface area contributed by atoms with Crippen molar-refractivity contribution >= 4 is 8.07 Å². The maximum atomic E-state index is 2.78. The topological polar surface area (TPSA) is 0 Å². The molecule has 0 heterocycles. The van der Waals surface area contributed by atoms with Crippen molar-refractivity contribution in [1.29, 1.82) is 0 Å². The molecule has 0 N–H and O–H groups in total. The lowest BCUT2D eigenvalue weighted by Gasteiger charge is -2.27. The lowest BCUT2D eigenvalue weighted by atomic mass is 10.1. The zero-order valence-corrected chi connectivity index (χ0v) is 17.4. The molecule has 0 saturated carbocycles. The van der Waals surface area contributed by atoms with Gasteiger partial charge in [-0.3, -0.25) is 0 Å². The molecule has 0 rings (SSSR count). The Morgan fingerprint density at radius 1 is 0.500 bits per heavy atom. The van der Waals surface area contributed by atoms with Crippen LogP contribution in [-0.2, 0) is 0 Å².